The summed E-state index contributed by atoms with van der Waals surface area (Å²) in [5.74, 6) is 7.49. The second kappa shape index (κ2) is 18.5. The molecule has 2 aromatic carbocycles. The van der Waals surface area contributed by atoms with Crippen LogP contribution in [0.25, 0.3) is 32.5 Å². The number of hydrogen-bond donors (Lipinski definition) is 1. The van der Waals surface area contributed by atoms with E-state index in [0.717, 1.165) is 58.3 Å². The van der Waals surface area contributed by atoms with Crippen molar-refractivity contribution in [3.8, 4) is 21.7 Å². The van der Waals surface area contributed by atoms with Gasteiger partial charge in [0.1, 0.15) is 0 Å². The Kier molecular flexibility index (Phi) is 16.2. The van der Waals surface area contributed by atoms with Crippen molar-refractivity contribution in [2.45, 2.75) is 108 Å². The maximum atomic E-state index is 13.9. The van der Waals surface area contributed by atoms with Gasteiger partial charge in [-0.15, -0.1) is 0 Å². The molecule has 2 aromatic heterocycles. The van der Waals surface area contributed by atoms with Crippen molar-refractivity contribution in [1.82, 2.24) is 4.98 Å². The summed E-state index contributed by atoms with van der Waals surface area (Å²) < 4.78 is 41.8. The molecule has 0 aliphatic rings. The molecule has 2 heterocycles. The molecule has 1 N–H and O–H groups in total. The van der Waals surface area contributed by atoms with Crippen molar-refractivity contribution in [1.29, 1.82) is 0 Å². The predicted molar refractivity (Wildman–Crippen MR) is 204 cm³/mol. The number of pyridine rings is 1. The van der Waals surface area contributed by atoms with Crippen molar-refractivity contribution >= 4 is 41.2 Å². The topological polar surface area (TPSA) is 50.2 Å². The van der Waals surface area contributed by atoms with Crippen LogP contribution in [0.1, 0.15) is 90.2 Å². The van der Waals surface area contributed by atoms with Gasteiger partial charge in [0.05, 0.1) is 5.76 Å². The molecule has 0 spiro atoms. The summed E-state index contributed by atoms with van der Waals surface area (Å²) in [6.07, 6.45) is 1.41. The summed E-state index contributed by atoms with van der Waals surface area (Å²) >= 11 is -0.416. The van der Waals surface area contributed by atoms with E-state index < -0.39 is 25.0 Å². The molecule has 0 atom stereocenters. The summed E-state index contributed by atoms with van der Waals surface area (Å²) in [6, 6.07) is 18.8. The number of rotatable bonds is 11. The molecule has 0 saturated carbocycles. The fraction of sp³-hybridized carbons (Fsp3) is 0.463. The Hall–Kier alpha value is -2.26. The smallest absolute Gasteiger partial charge is 0.162 e. The first kappa shape index (κ1) is 43.9. The van der Waals surface area contributed by atoms with Crippen molar-refractivity contribution < 1.29 is 43.2 Å². The number of aliphatic hydroxyl groups is 1. The molecule has 0 fully saturated rings. The van der Waals surface area contributed by atoms with Crippen LogP contribution in [-0.2, 0) is 41.7 Å². The van der Waals surface area contributed by atoms with E-state index in [0.29, 0.717) is 16.1 Å². The first-order valence-corrected chi connectivity index (χ1v) is 26.0. The van der Waals surface area contributed by atoms with Crippen LogP contribution in [0.15, 0.2) is 66.6 Å². The van der Waals surface area contributed by atoms with Crippen molar-refractivity contribution in [2.24, 2.45) is 11.8 Å². The molecule has 9 heteroatoms. The van der Waals surface area contributed by atoms with Crippen molar-refractivity contribution in [3.05, 3.63) is 88.6 Å². The quantitative estimate of drug-likeness (QED) is 0.0705. The van der Waals surface area contributed by atoms with Gasteiger partial charge in [0.25, 0.3) is 0 Å². The number of carbonyl (C=O) groups is 1. The third-order valence-corrected chi connectivity index (χ3v) is 13.5. The Balaban J connectivity index is 0.000000461. The van der Waals surface area contributed by atoms with E-state index in [1.807, 2.05) is 64.1 Å². The molecule has 0 bridgehead atoms. The van der Waals surface area contributed by atoms with Crippen LogP contribution in [0, 0.1) is 17.9 Å². The fourth-order valence-corrected chi connectivity index (χ4v) is 12.0. The number of hydrogen-bond acceptors (Lipinski definition) is 4. The third kappa shape index (κ3) is 11.9. The summed E-state index contributed by atoms with van der Waals surface area (Å²) in [5.41, 5.74) is 1.69. The van der Waals surface area contributed by atoms with E-state index in [2.05, 4.69) is 55.2 Å². The Morgan fingerprint density at radius 3 is 2.06 bits per heavy atom. The SMILES string of the molecule is CC(C)(C)c1cc(-c2cc(-c3ccc([CH2][Ge]([CH3])([CH3])[CH3])s3)c(C(F)(F)F)cn2)[c-]c2ccccc12.CCC(CC)C(=O)/C=C(\O)C(CC)CC.[Ir]. The van der Waals surface area contributed by atoms with Gasteiger partial charge in [-0.2, -0.15) is 0 Å². The standard InChI is InChI=1S/C28H29F3GeNS.C13H24O2.Ir/c1-27(2,3)23-14-19(13-18-9-7-8-10-21(18)23)25-15-22(24(17-33-25)28(29,30)31)26-12-11-20(34-26)16-32(4,5)6;1-5-10(6-2)12(14)9-13(15)11(7-3)8-4;/h7-12,14-15,17H,16H2,1-6H3;9-11,14H,5-8H2,1-4H3;/q-1;;/b;12-9-;. The van der Waals surface area contributed by atoms with Crippen LogP contribution in [-0.4, -0.2) is 29.1 Å². The number of nitrogens with zero attached hydrogens (tertiary/aromatic N) is 1. The number of halogens is 3. The molecule has 0 amide bonds. The van der Waals surface area contributed by atoms with E-state index in [1.165, 1.54) is 17.4 Å². The molecule has 4 rings (SSSR count). The number of ketones is 1. The molecule has 0 aliphatic carbocycles. The minimum atomic E-state index is -4.48. The maximum absolute atomic E-state index is 13.9. The molecule has 275 valence electrons. The van der Waals surface area contributed by atoms with Gasteiger partial charge in [0, 0.05) is 38.0 Å². The zero-order valence-corrected chi connectivity index (χ0v) is 36.5. The number of thiophene rings is 1. The third-order valence-electron chi connectivity index (χ3n) is 8.78. The zero-order valence-electron chi connectivity index (χ0n) is 31.1. The predicted octanol–water partition coefficient (Wildman–Crippen LogP) is 13.0. The van der Waals surface area contributed by atoms with Gasteiger partial charge < -0.3 is 5.11 Å². The summed E-state index contributed by atoms with van der Waals surface area (Å²) in [5, 5.41) is 12.8. The Morgan fingerprint density at radius 2 is 1.52 bits per heavy atom. The second-order valence-electron chi connectivity index (χ2n) is 15.0. The van der Waals surface area contributed by atoms with Crippen LogP contribution in [0.4, 0.5) is 13.2 Å². The monoisotopic (exact) mass is 947 g/mol. The second-order valence-corrected chi connectivity index (χ2v) is 27.7. The fourth-order valence-electron chi connectivity index (χ4n) is 5.94. The minimum Gasteiger partial charge on any atom is -0.512 e. The summed E-state index contributed by atoms with van der Waals surface area (Å²) in [6.45, 7) is 14.5. The van der Waals surface area contributed by atoms with Gasteiger partial charge in [0.15, 0.2) is 5.78 Å². The van der Waals surface area contributed by atoms with Gasteiger partial charge in [-0.3, -0.25) is 4.79 Å². The van der Waals surface area contributed by atoms with Crippen LogP contribution in [0.3, 0.4) is 0 Å². The van der Waals surface area contributed by atoms with Gasteiger partial charge >= 0.3 is 201 Å². The number of allylic oxidation sites excluding steroid dienone is 2. The first-order chi connectivity index (χ1) is 22.8. The molecule has 0 unspecified atom stereocenters. The number of fused-ring (bicyclic) bond motifs is 1. The largest absolute Gasteiger partial charge is 0.512 e. The van der Waals surface area contributed by atoms with E-state index in [1.54, 1.807) is 6.07 Å². The molecule has 4 aromatic rings. The van der Waals surface area contributed by atoms with Gasteiger partial charge in [-0.25, -0.2) is 0 Å². The number of aromatic nitrogens is 1. The van der Waals surface area contributed by atoms with Crippen molar-refractivity contribution in [2.75, 3.05) is 0 Å². The number of alkyl halides is 3. The van der Waals surface area contributed by atoms with E-state index in [4.69, 9.17) is 0 Å². The average Bonchev–Trinajstić information content (AvgIpc) is 3.47. The normalized spacial score (nSPS) is 12.6. The Bertz CT molecular complexity index is 1740. The number of carbonyl (C=O) groups excluding carboxylic acids is 1. The van der Waals surface area contributed by atoms with Crippen LogP contribution in [0.5, 0.6) is 0 Å². The van der Waals surface area contributed by atoms with Gasteiger partial charge in [-0.05, 0) is 25.7 Å². The Labute approximate surface area is 317 Å². The first-order valence-electron chi connectivity index (χ1n) is 17.4. The zero-order chi connectivity index (χ0) is 36.7. The molecule has 3 nitrogen and oxygen atoms in total. The van der Waals surface area contributed by atoms with Gasteiger partial charge in [-0.1, -0.05) is 33.8 Å². The average molecular weight is 946 g/mol. The maximum Gasteiger partial charge on any atom is 0.162 e. The molecule has 0 aliphatic heterocycles. The molecular weight excluding hydrogens is 892 g/mol. The van der Waals surface area contributed by atoms with Crippen LogP contribution in [0.2, 0.25) is 17.3 Å². The van der Waals surface area contributed by atoms with E-state index >= 15 is 0 Å². The van der Waals surface area contributed by atoms with E-state index in [-0.39, 0.29) is 54.5 Å². The molecule has 0 saturated heterocycles. The molecule has 50 heavy (non-hydrogen) atoms. The summed E-state index contributed by atoms with van der Waals surface area (Å²) in [4.78, 5) is 17.8. The molecular formula is C41H53F3GeIrNO2S-. The molecule has 1 radical (unpaired) electrons. The number of aliphatic hydroxyl groups excluding tert-OH is 1. The van der Waals surface area contributed by atoms with Crippen LogP contribution >= 0.6 is 11.3 Å². The van der Waals surface area contributed by atoms with E-state index in [9.17, 15) is 23.1 Å². The van der Waals surface area contributed by atoms with Gasteiger partial charge in [0.2, 0.25) is 0 Å². The minimum absolute atomic E-state index is 0. The number of benzene rings is 2. The van der Waals surface area contributed by atoms with Crippen LogP contribution < -0.4 is 0 Å². The Morgan fingerprint density at radius 1 is 0.920 bits per heavy atom. The van der Waals surface area contributed by atoms with Crippen molar-refractivity contribution in [3.63, 3.8) is 0 Å². The summed E-state index contributed by atoms with van der Waals surface area (Å²) in [7, 11) is 0.